The van der Waals surface area contributed by atoms with E-state index in [-0.39, 0.29) is 10.8 Å². The second-order valence-electron chi connectivity index (χ2n) is 11.5. The molecule has 3 heteroatoms. The molecular weight excluding hydrogens is 428 g/mol. The van der Waals surface area contributed by atoms with Crippen molar-refractivity contribution in [2.45, 2.75) is 58.3 Å². The molecule has 5 aromatic rings. The Kier molecular flexibility index (Phi) is 4.73. The van der Waals surface area contributed by atoms with E-state index in [2.05, 4.69) is 98.8 Å². The lowest BCUT2D eigenvalue weighted by atomic mass is 9.63. The van der Waals surface area contributed by atoms with E-state index in [4.69, 9.17) is 4.42 Å². The molecular formula is C32H33N2O+. The van der Waals surface area contributed by atoms with Crippen molar-refractivity contribution in [3.05, 3.63) is 83.8 Å². The number of hydrogen-bond acceptors (Lipinski definition) is 2. The van der Waals surface area contributed by atoms with E-state index in [9.17, 15) is 0 Å². The summed E-state index contributed by atoms with van der Waals surface area (Å²) in [6, 6.07) is 20.0. The van der Waals surface area contributed by atoms with Crippen molar-refractivity contribution in [2.24, 2.45) is 7.05 Å². The second-order valence-corrected chi connectivity index (χ2v) is 11.5. The minimum Gasteiger partial charge on any atom is -0.455 e. The predicted octanol–water partition coefficient (Wildman–Crippen LogP) is 7.80. The van der Waals surface area contributed by atoms with Crippen LogP contribution in [-0.2, 0) is 17.9 Å². The van der Waals surface area contributed by atoms with Gasteiger partial charge in [0, 0.05) is 28.0 Å². The van der Waals surface area contributed by atoms with Gasteiger partial charge in [0.15, 0.2) is 0 Å². The molecule has 6 rings (SSSR count). The molecule has 1 aliphatic carbocycles. The zero-order chi connectivity index (χ0) is 24.5. The summed E-state index contributed by atoms with van der Waals surface area (Å²) in [6.07, 6.45) is 6.15. The summed E-state index contributed by atoms with van der Waals surface area (Å²) in [5.74, 6) is 0. The lowest BCUT2D eigenvalue weighted by Gasteiger charge is -2.42. The third-order valence-electron chi connectivity index (χ3n) is 8.23. The summed E-state index contributed by atoms with van der Waals surface area (Å²) in [6.45, 7) is 11.7. The molecule has 3 nitrogen and oxygen atoms in total. The highest BCUT2D eigenvalue weighted by Crippen LogP contribution is 2.48. The van der Waals surface area contributed by atoms with Crippen LogP contribution < -0.4 is 4.57 Å². The van der Waals surface area contributed by atoms with Gasteiger partial charge < -0.3 is 4.42 Å². The Balaban J connectivity index is 1.63. The molecule has 0 atom stereocenters. The Bertz CT molecular complexity index is 1620. The molecule has 176 valence electrons. The van der Waals surface area contributed by atoms with E-state index >= 15 is 0 Å². The minimum absolute atomic E-state index is 0.170. The first kappa shape index (κ1) is 22.0. The molecule has 0 N–H and O–H groups in total. The fourth-order valence-corrected chi connectivity index (χ4v) is 6.00. The average molecular weight is 462 g/mol. The van der Waals surface area contributed by atoms with Crippen molar-refractivity contribution in [3.8, 4) is 22.4 Å². The Morgan fingerprint density at radius 2 is 1.66 bits per heavy atom. The van der Waals surface area contributed by atoms with E-state index in [1.165, 1.54) is 46.0 Å². The summed E-state index contributed by atoms with van der Waals surface area (Å²) >= 11 is 0. The quantitative estimate of drug-likeness (QED) is 0.251. The molecule has 2 aromatic heterocycles. The summed E-state index contributed by atoms with van der Waals surface area (Å²) in [5.41, 5.74) is 11.2. The van der Waals surface area contributed by atoms with Crippen LogP contribution in [0.25, 0.3) is 44.3 Å². The van der Waals surface area contributed by atoms with Crippen LogP contribution in [0.15, 0.2) is 71.5 Å². The zero-order valence-corrected chi connectivity index (χ0v) is 21.6. The van der Waals surface area contributed by atoms with E-state index in [0.717, 1.165) is 27.8 Å². The number of rotatable bonds is 2. The normalized spacial score (nSPS) is 16.5. The number of benzene rings is 3. The van der Waals surface area contributed by atoms with Gasteiger partial charge in [0.2, 0.25) is 0 Å². The number of furan rings is 1. The van der Waals surface area contributed by atoms with Crippen LogP contribution in [0.5, 0.6) is 0 Å². The van der Waals surface area contributed by atoms with Crippen LogP contribution in [0, 0.1) is 6.92 Å². The van der Waals surface area contributed by atoms with Crippen LogP contribution >= 0.6 is 0 Å². The lowest BCUT2D eigenvalue weighted by Crippen LogP contribution is -2.33. The van der Waals surface area contributed by atoms with Gasteiger partial charge in [-0.2, -0.15) is 0 Å². The summed E-state index contributed by atoms with van der Waals surface area (Å²) < 4.78 is 8.69. The minimum atomic E-state index is 0.170. The summed E-state index contributed by atoms with van der Waals surface area (Å²) in [5, 5.41) is 2.33. The van der Waals surface area contributed by atoms with Crippen molar-refractivity contribution in [1.82, 2.24) is 4.98 Å². The molecule has 0 aliphatic heterocycles. The first-order valence-corrected chi connectivity index (χ1v) is 12.6. The lowest BCUT2D eigenvalue weighted by molar-refractivity contribution is -0.663. The van der Waals surface area contributed by atoms with Gasteiger partial charge in [0.05, 0.1) is 7.05 Å². The predicted molar refractivity (Wildman–Crippen MR) is 144 cm³/mol. The summed E-state index contributed by atoms with van der Waals surface area (Å²) in [7, 11) is 2.05. The molecule has 0 bridgehead atoms. The molecule has 0 amide bonds. The second kappa shape index (κ2) is 7.52. The third-order valence-corrected chi connectivity index (χ3v) is 8.23. The van der Waals surface area contributed by atoms with Gasteiger partial charge in [-0.15, -0.1) is 0 Å². The van der Waals surface area contributed by atoms with Crippen LogP contribution in [-0.4, -0.2) is 4.98 Å². The maximum atomic E-state index is 6.61. The molecule has 0 radical (unpaired) electrons. The molecule has 0 fully saturated rings. The van der Waals surface area contributed by atoms with Crippen molar-refractivity contribution >= 4 is 21.9 Å². The zero-order valence-electron chi connectivity index (χ0n) is 21.6. The van der Waals surface area contributed by atoms with Crippen LogP contribution in [0.2, 0.25) is 0 Å². The fourth-order valence-electron chi connectivity index (χ4n) is 6.00. The Hall–Kier alpha value is -3.46. The van der Waals surface area contributed by atoms with E-state index < -0.39 is 0 Å². The maximum absolute atomic E-state index is 6.61. The number of fused-ring (bicyclic) bond motifs is 4. The SMILES string of the molecule is Cc1ccc2oc3c(-c4ccc5c(c4)C(C)(C)CCC5(C)C)cccc3c2c1-c1ccnc[n+]1C. The first-order chi connectivity index (χ1) is 16.7. The Morgan fingerprint density at radius 1 is 0.886 bits per heavy atom. The van der Waals surface area contributed by atoms with Gasteiger partial charge >= 0.3 is 0 Å². The Morgan fingerprint density at radius 3 is 2.43 bits per heavy atom. The molecule has 0 unspecified atom stereocenters. The summed E-state index contributed by atoms with van der Waals surface area (Å²) in [4.78, 5) is 4.28. The van der Waals surface area contributed by atoms with Gasteiger partial charge in [0.25, 0.3) is 6.33 Å². The highest BCUT2D eigenvalue weighted by atomic mass is 16.3. The van der Waals surface area contributed by atoms with Crippen LogP contribution in [0.1, 0.15) is 57.2 Å². The monoisotopic (exact) mass is 461 g/mol. The topological polar surface area (TPSA) is 29.9 Å². The number of hydrogen-bond donors (Lipinski definition) is 0. The van der Waals surface area contributed by atoms with E-state index in [1.54, 1.807) is 0 Å². The first-order valence-electron chi connectivity index (χ1n) is 12.6. The molecule has 35 heavy (non-hydrogen) atoms. The van der Waals surface area contributed by atoms with Gasteiger partial charge in [-0.1, -0.05) is 75.1 Å². The molecule has 3 aromatic carbocycles. The standard InChI is InChI=1S/C32H33N2O/c1-20-10-13-27-29(28(20)26-14-17-33-19-34(26)6)23-9-7-8-22(30(23)35-27)21-11-12-24-25(18-21)32(4,5)16-15-31(24,2)3/h7-14,17-19H,15-16H2,1-6H3/q+1. The van der Waals surface area contributed by atoms with Gasteiger partial charge in [-0.25, -0.2) is 4.57 Å². The highest BCUT2D eigenvalue weighted by molar-refractivity contribution is 6.15. The maximum Gasteiger partial charge on any atom is 0.286 e. The Labute approximate surface area is 207 Å². The van der Waals surface area contributed by atoms with Crippen LogP contribution in [0.4, 0.5) is 0 Å². The molecule has 0 saturated carbocycles. The number of aryl methyl sites for hydroxylation is 2. The number of nitrogens with zero attached hydrogens (tertiary/aromatic N) is 2. The smallest absolute Gasteiger partial charge is 0.286 e. The number of aromatic nitrogens is 2. The largest absolute Gasteiger partial charge is 0.455 e. The van der Waals surface area contributed by atoms with E-state index in [0.29, 0.717) is 0 Å². The van der Waals surface area contributed by atoms with Gasteiger partial charge in [0.1, 0.15) is 23.1 Å². The molecule has 0 spiro atoms. The third kappa shape index (κ3) is 3.32. The fraction of sp³-hybridized carbons (Fsp3) is 0.312. The van der Waals surface area contributed by atoms with Crippen molar-refractivity contribution < 1.29 is 8.98 Å². The van der Waals surface area contributed by atoms with Gasteiger partial charge in [-0.05, 0) is 58.9 Å². The highest BCUT2D eigenvalue weighted by Gasteiger charge is 2.37. The van der Waals surface area contributed by atoms with Crippen molar-refractivity contribution in [1.29, 1.82) is 0 Å². The van der Waals surface area contributed by atoms with E-state index in [1.807, 2.05) is 19.6 Å². The van der Waals surface area contributed by atoms with Crippen molar-refractivity contribution in [2.75, 3.05) is 0 Å². The van der Waals surface area contributed by atoms with Gasteiger partial charge in [-0.3, -0.25) is 0 Å². The van der Waals surface area contributed by atoms with Crippen LogP contribution in [0.3, 0.4) is 0 Å². The van der Waals surface area contributed by atoms with Crippen molar-refractivity contribution in [3.63, 3.8) is 0 Å². The average Bonchev–Trinajstić information content (AvgIpc) is 3.21. The molecule has 2 heterocycles. The molecule has 1 aliphatic rings. The molecule has 0 saturated heterocycles. The number of para-hydroxylation sites is 1.